The summed E-state index contributed by atoms with van der Waals surface area (Å²) in [5.74, 6) is 0.303. The number of carbonyl (C=O) groups is 1. The quantitative estimate of drug-likeness (QED) is 0.393. The number of hydrogen-bond donors (Lipinski definition) is 1. The lowest BCUT2D eigenvalue weighted by molar-refractivity contribution is -0.384. The molecule has 0 aliphatic carbocycles. The van der Waals surface area contributed by atoms with Crippen molar-refractivity contribution >= 4 is 40.7 Å². The Bertz CT molecular complexity index is 893. The van der Waals surface area contributed by atoms with Crippen molar-refractivity contribution in [2.75, 3.05) is 12.0 Å². The number of nitrogens with zero attached hydrogens (tertiary/aromatic N) is 2. The van der Waals surface area contributed by atoms with Crippen molar-refractivity contribution in [1.82, 2.24) is 5.32 Å². The van der Waals surface area contributed by atoms with E-state index >= 15 is 0 Å². The summed E-state index contributed by atoms with van der Waals surface area (Å²) in [6.07, 6.45) is 1.60. The van der Waals surface area contributed by atoms with E-state index in [1.165, 1.54) is 17.0 Å². The number of carbonyl (C=O) groups excluding carboxylic acids is 1. The van der Waals surface area contributed by atoms with Gasteiger partial charge in [-0.05, 0) is 48.1 Å². The Labute approximate surface area is 148 Å². The minimum absolute atomic E-state index is 0.0126. The van der Waals surface area contributed by atoms with Crippen LogP contribution in [0.5, 0.6) is 5.75 Å². The van der Waals surface area contributed by atoms with E-state index in [1.54, 1.807) is 49.6 Å². The summed E-state index contributed by atoms with van der Waals surface area (Å²) in [4.78, 5) is 24.2. The van der Waals surface area contributed by atoms with Gasteiger partial charge in [-0.1, -0.05) is 6.07 Å². The van der Waals surface area contributed by atoms with Crippen LogP contribution in [0.15, 0.2) is 54.2 Å². The van der Waals surface area contributed by atoms with Gasteiger partial charge in [-0.15, -0.1) is 0 Å². The van der Waals surface area contributed by atoms with Crippen molar-refractivity contribution in [2.45, 2.75) is 0 Å². The number of anilines is 1. The molecule has 0 aromatic heterocycles. The Hall–Kier alpha value is -3.26. The summed E-state index contributed by atoms with van der Waals surface area (Å²) in [5, 5.41) is 13.8. The molecule has 7 nitrogen and oxygen atoms in total. The lowest BCUT2D eigenvalue weighted by atomic mass is 10.1. The molecule has 126 valence electrons. The van der Waals surface area contributed by atoms with E-state index in [0.717, 1.165) is 0 Å². The molecule has 8 heteroatoms. The smallest absolute Gasteiger partial charge is 0.281 e. The van der Waals surface area contributed by atoms with E-state index in [4.69, 9.17) is 17.0 Å². The fraction of sp³-hybridized carbons (Fsp3) is 0.0588. The van der Waals surface area contributed by atoms with Crippen molar-refractivity contribution in [3.05, 3.63) is 69.9 Å². The Morgan fingerprint density at radius 2 is 1.96 bits per heavy atom. The largest absolute Gasteiger partial charge is 0.497 e. The summed E-state index contributed by atoms with van der Waals surface area (Å²) >= 11 is 5.25. The number of benzene rings is 2. The molecule has 0 atom stereocenters. The summed E-state index contributed by atoms with van der Waals surface area (Å²) in [5.41, 5.74) is 1.52. The second-order valence-electron chi connectivity index (χ2n) is 5.18. The topological polar surface area (TPSA) is 84.7 Å². The summed E-state index contributed by atoms with van der Waals surface area (Å²) in [7, 11) is 1.54. The number of rotatable bonds is 4. The molecule has 25 heavy (non-hydrogen) atoms. The van der Waals surface area contributed by atoms with Crippen molar-refractivity contribution in [3.8, 4) is 5.75 Å². The molecular weight excluding hydrogens is 342 g/mol. The van der Waals surface area contributed by atoms with Gasteiger partial charge >= 0.3 is 0 Å². The van der Waals surface area contributed by atoms with Gasteiger partial charge in [0, 0.05) is 18.2 Å². The highest BCUT2D eigenvalue weighted by atomic mass is 32.1. The molecule has 3 rings (SSSR count). The Kier molecular flexibility index (Phi) is 4.44. The lowest BCUT2D eigenvalue weighted by Gasteiger charge is -2.14. The van der Waals surface area contributed by atoms with Crippen LogP contribution in [0.3, 0.4) is 0 Å². The molecule has 1 aliphatic rings. The number of amides is 1. The Morgan fingerprint density at radius 1 is 1.24 bits per heavy atom. The second kappa shape index (κ2) is 6.70. The van der Waals surface area contributed by atoms with Crippen LogP contribution in [0.4, 0.5) is 11.4 Å². The molecule has 1 amide bonds. The number of methoxy groups -OCH3 is 1. The molecule has 1 saturated heterocycles. The standard InChI is InChI=1S/C17H13N3O4S/c1-24-14-4-2-3-13(10-14)19-16(21)15(18-17(19)25)9-11-5-7-12(8-6-11)20(22)23/h2-10H,1H3,(H,18,25)/b15-9-. The summed E-state index contributed by atoms with van der Waals surface area (Å²) < 4.78 is 5.17. The van der Waals surface area contributed by atoms with Crippen molar-refractivity contribution in [3.63, 3.8) is 0 Å². The second-order valence-corrected chi connectivity index (χ2v) is 5.57. The van der Waals surface area contributed by atoms with Gasteiger partial charge < -0.3 is 10.1 Å². The number of non-ortho nitro benzene ring substituents is 1. The molecule has 2 aromatic carbocycles. The van der Waals surface area contributed by atoms with Gasteiger partial charge in [0.25, 0.3) is 11.6 Å². The zero-order valence-corrected chi connectivity index (χ0v) is 13.9. The van der Waals surface area contributed by atoms with Crippen LogP contribution in [-0.2, 0) is 4.79 Å². The average Bonchev–Trinajstić information content (AvgIpc) is 2.89. The zero-order valence-electron chi connectivity index (χ0n) is 13.1. The molecule has 0 saturated carbocycles. The number of ether oxygens (including phenoxy) is 1. The summed E-state index contributed by atoms with van der Waals surface area (Å²) in [6, 6.07) is 12.9. The van der Waals surface area contributed by atoms with Crippen LogP contribution >= 0.6 is 12.2 Å². The highest BCUT2D eigenvalue weighted by molar-refractivity contribution is 7.80. The third kappa shape index (κ3) is 3.33. The predicted octanol–water partition coefficient (Wildman–Crippen LogP) is 2.87. The van der Waals surface area contributed by atoms with Crippen molar-refractivity contribution in [1.29, 1.82) is 0 Å². The Morgan fingerprint density at radius 3 is 2.60 bits per heavy atom. The van der Waals surface area contributed by atoms with Gasteiger partial charge in [0.2, 0.25) is 0 Å². The van der Waals surface area contributed by atoms with Crippen LogP contribution in [0.1, 0.15) is 5.56 Å². The molecule has 1 N–H and O–H groups in total. The van der Waals surface area contributed by atoms with E-state index in [-0.39, 0.29) is 16.7 Å². The van der Waals surface area contributed by atoms with E-state index in [9.17, 15) is 14.9 Å². The van der Waals surface area contributed by atoms with Crippen LogP contribution in [0.2, 0.25) is 0 Å². The highest BCUT2D eigenvalue weighted by Gasteiger charge is 2.32. The molecule has 0 radical (unpaired) electrons. The number of hydrogen-bond acceptors (Lipinski definition) is 5. The maximum Gasteiger partial charge on any atom is 0.281 e. The number of nitrogens with one attached hydrogen (secondary N) is 1. The van der Waals surface area contributed by atoms with Crippen LogP contribution in [-0.4, -0.2) is 23.1 Å². The molecule has 2 aromatic rings. The molecule has 0 spiro atoms. The Balaban J connectivity index is 1.88. The van der Waals surface area contributed by atoms with E-state index in [0.29, 0.717) is 22.7 Å². The van der Waals surface area contributed by atoms with Gasteiger partial charge in [0.15, 0.2) is 5.11 Å². The fourth-order valence-corrected chi connectivity index (χ4v) is 2.68. The first-order valence-electron chi connectivity index (χ1n) is 7.25. The monoisotopic (exact) mass is 355 g/mol. The maximum atomic E-state index is 12.7. The molecule has 0 unspecified atom stereocenters. The van der Waals surface area contributed by atoms with Crippen LogP contribution in [0, 0.1) is 10.1 Å². The first kappa shape index (κ1) is 16.6. The highest BCUT2D eigenvalue weighted by Crippen LogP contribution is 2.26. The van der Waals surface area contributed by atoms with E-state index < -0.39 is 4.92 Å². The van der Waals surface area contributed by atoms with E-state index in [2.05, 4.69) is 5.32 Å². The first-order valence-corrected chi connectivity index (χ1v) is 7.66. The SMILES string of the molecule is COc1cccc(N2C(=O)/C(=C/c3ccc([N+](=O)[O-])cc3)NC2=S)c1. The van der Waals surface area contributed by atoms with Crippen molar-refractivity contribution < 1.29 is 14.5 Å². The number of nitro benzene ring substituents is 1. The predicted molar refractivity (Wildman–Crippen MR) is 97.3 cm³/mol. The summed E-state index contributed by atoms with van der Waals surface area (Å²) in [6.45, 7) is 0. The fourth-order valence-electron chi connectivity index (χ4n) is 2.38. The van der Waals surface area contributed by atoms with Gasteiger partial charge in [0.05, 0.1) is 17.7 Å². The molecule has 1 heterocycles. The molecule has 1 fully saturated rings. The van der Waals surface area contributed by atoms with Gasteiger partial charge in [0.1, 0.15) is 11.4 Å². The molecular formula is C17H13N3O4S. The van der Waals surface area contributed by atoms with Crippen LogP contribution in [0.25, 0.3) is 6.08 Å². The van der Waals surface area contributed by atoms with Crippen LogP contribution < -0.4 is 15.0 Å². The first-order chi connectivity index (χ1) is 12.0. The minimum atomic E-state index is -0.477. The third-order valence-corrected chi connectivity index (χ3v) is 3.89. The van der Waals surface area contributed by atoms with Gasteiger partial charge in [-0.25, -0.2) is 0 Å². The maximum absolute atomic E-state index is 12.7. The van der Waals surface area contributed by atoms with Gasteiger partial charge in [-0.3, -0.25) is 19.8 Å². The zero-order chi connectivity index (χ0) is 18.0. The average molecular weight is 355 g/mol. The van der Waals surface area contributed by atoms with Crippen molar-refractivity contribution in [2.24, 2.45) is 0 Å². The normalized spacial score (nSPS) is 15.4. The number of nitro groups is 1. The molecule has 1 aliphatic heterocycles. The van der Waals surface area contributed by atoms with Gasteiger partial charge in [-0.2, -0.15) is 0 Å². The number of thiocarbonyl (C=S) groups is 1. The minimum Gasteiger partial charge on any atom is -0.497 e. The lowest BCUT2D eigenvalue weighted by Crippen LogP contribution is -2.30. The third-order valence-electron chi connectivity index (χ3n) is 3.60. The molecule has 0 bridgehead atoms. The van der Waals surface area contributed by atoms with E-state index in [1.807, 2.05) is 0 Å².